The van der Waals surface area contributed by atoms with E-state index in [9.17, 15) is 22.8 Å². The number of hydrogen-bond donors (Lipinski definition) is 0. The highest BCUT2D eigenvalue weighted by molar-refractivity contribution is 5.79. The Bertz CT molecular complexity index is 766. The van der Waals surface area contributed by atoms with Crippen molar-refractivity contribution in [2.75, 3.05) is 20.3 Å². The molecule has 5 nitrogen and oxygen atoms in total. The minimum Gasteiger partial charge on any atom is -0.384 e. The van der Waals surface area contributed by atoms with Crippen LogP contribution in [0, 0.1) is 0 Å². The van der Waals surface area contributed by atoms with Gasteiger partial charge >= 0.3 is 6.18 Å². The first-order valence-corrected chi connectivity index (χ1v) is 10.4. The van der Waals surface area contributed by atoms with Crippen LogP contribution >= 0.6 is 0 Å². The van der Waals surface area contributed by atoms with Crippen LogP contribution in [-0.2, 0) is 27.0 Å². The number of benzene rings is 1. The molecule has 0 N–H and O–H groups in total. The Morgan fingerprint density at radius 1 is 1.23 bits per heavy atom. The van der Waals surface area contributed by atoms with Gasteiger partial charge in [-0.1, -0.05) is 18.6 Å². The molecule has 8 heteroatoms. The van der Waals surface area contributed by atoms with Crippen molar-refractivity contribution in [3.63, 3.8) is 0 Å². The van der Waals surface area contributed by atoms with Crippen molar-refractivity contribution >= 4 is 11.8 Å². The molecule has 0 saturated carbocycles. The van der Waals surface area contributed by atoms with Gasteiger partial charge in [-0.3, -0.25) is 9.59 Å². The molecule has 2 fully saturated rings. The van der Waals surface area contributed by atoms with Gasteiger partial charge in [0, 0.05) is 26.6 Å². The summed E-state index contributed by atoms with van der Waals surface area (Å²) in [6, 6.07) is 4.88. The van der Waals surface area contributed by atoms with E-state index < -0.39 is 17.3 Å². The third-order valence-electron chi connectivity index (χ3n) is 6.45. The van der Waals surface area contributed by atoms with Crippen LogP contribution in [0.4, 0.5) is 13.2 Å². The Morgan fingerprint density at radius 3 is 2.57 bits per heavy atom. The molecule has 0 bridgehead atoms. The zero-order valence-electron chi connectivity index (χ0n) is 17.5. The van der Waals surface area contributed by atoms with Gasteiger partial charge in [0.15, 0.2) is 0 Å². The fraction of sp³-hybridized carbons (Fsp3) is 0.636. The molecule has 0 spiro atoms. The summed E-state index contributed by atoms with van der Waals surface area (Å²) in [5.41, 5.74) is -0.589. The van der Waals surface area contributed by atoms with Crippen LogP contribution in [0.5, 0.6) is 0 Å². The Labute approximate surface area is 175 Å². The fourth-order valence-electron chi connectivity index (χ4n) is 4.70. The molecular weight excluding hydrogens is 397 g/mol. The molecule has 2 saturated heterocycles. The molecule has 2 heterocycles. The first-order chi connectivity index (χ1) is 14.2. The van der Waals surface area contributed by atoms with Crippen molar-refractivity contribution in [1.82, 2.24) is 9.80 Å². The predicted octanol–water partition coefficient (Wildman–Crippen LogP) is 4.00. The number of methoxy groups -OCH3 is 1. The molecule has 2 aliphatic heterocycles. The van der Waals surface area contributed by atoms with Crippen LogP contribution in [0.1, 0.15) is 56.6 Å². The maximum absolute atomic E-state index is 13.0. The summed E-state index contributed by atoms with van der Waals surface area (Å²) >= 11 is 0. The van der Waals surface area contributed by atoms with Crippen molar-refractivity contribution in [2.24, 2.45) is 0 Å². The van der Waals surface area contributed by atoms with Gasteiger partial charge in [-0.15, -0.1) is 0 Å². The molecule has 1 aromatic rings. The van der Waals surface area contributed by atoms with Gasteiger partial charge in [0.1, 0.15) is 0 Å². The number of alkyl halides is 3. The summed E-state index contributed by atoms with van der Waals surface area (Å²) in [5, 5.41) is 0. The molecule has 2 atom stereocenters. The highest BCUT2D eigenvalue weighted by Gasteiger charge is 2.50. The standard InChI is InChI=1S/C22H29F3N2O3/c1-21-12-13-26(19(28)11-14-30-2)18(21)5-3-4-6-20(29)27(21)15-16-7-9-17(10-8-16)22(23,24)25/h7-10,18H,3-6,11-15H2,1-2H3/t18-,21-/m1/s1. The van der Waals surface area contributed by atoms with E-state index in [1.807, 2.05) is 11.8 Å². The lowest BCUT2D eigenvalue weighted by Gasteiger charge is -2.45. The molecule has 1 aromatic carbocycles. The summed E-state index contributed by atoms with van der Waals surface area (Å²) in [4.78, 5) is 29.4. The van der Waals surface area contributed by atoms with E-state index in [-0.39, 0.29) is 24.4 Å². The Hall–Kier alpha value is -2.09. The molecule has 2 aliphatic rings. The third-order valence-corrected chi connectivity index (χ3v) is 6.45. The summed E-state index contributed by atoms with van der Waals surface area (Å²) in [6.45, 7) is 3.17. The van der Waals surface area contributed by atoms with E-state index in [0.29, 0.717) is 38.0 Å². The number of carbonyl (C=O) groups is 2. The van der Waals surface area contributed by atoms with Gasteiger partial charge in [0.2, 0.25) is 11.8 Å². The smallest absolute Gasteiger partial charge is 0.384 e. The summed E-state index contributed by atoms with van der Waals surface area (Å²) in [6.07, 6.45) is -0.588. The van der Waals surface area contributed by atoms with Crippen LogP contribution in [0.25, 0.3) is 0 Å². The van der Waals surface area contributed by atoms with Crippen LogP contribution in [0.3, 0.4) is 0 Å². The average molecular weight is 426 g/mol. The normalized spacial score (nSPS) is 25.1. The lowest BCUT2D eigenvalue weighted by Crippen LogP contribution is -2.58. The molecular formula is C22H29F3N2O3. The number of hydrogen-bond acceptors (Lipinski definition) is 3. The van der Waals surface area contributed by atoms with E-state index in [1.165, 1.54) is 12.1 Å². The number of likely N-dealkylation sites (tertiary alicyclic amines) is 2. The number of carbonyl (C=O) groups excluding carboxylic acids is 2. The molecule has 0 unspecified atom stereocenters. The van der Waals surface area contributed by atoms with E-state index in [1.54, 1.807) is 12.0 Å². The Kier molecular flexibility index (Phi) is 6.75. The van der Waals surface area contributed by atoms with Gasteiger partial charge in [0.05, 0.1) is 30.2 Å². The van der Waals surface area contributed by atoms with Crippen LogP contribution in [0.2, 0.25) is 0 Å². The number of amides is 2. The zero-order valence-corrected chi connectivity index (χ0v) is 17.5. The van der Waals surface area contributed by atoms with Gasteiger partial charge in [0.25, 0.3) is 0 Å². The zero-order chi connectivity index (χ0) is 21.9. The molecule has 0 radical (unpaired) electrons. The number of ether oxygens (including phenoxy) is 1. The molecule has 0 aliphatic carbocycles. The van der Waals surface area contributed by atoms with Crippen molar-refractivity contribution in [3.05, 3.63) is 35.4 Å². The molecule has 166 valence electrons. The second kappa shape index (κ2) is 8.96. The first kappa shape index (κ1) is 22.6. The number of rotatable bonds is 5. The van der Waals surface area contributed by atoms with Gasteiger partial charge in [-0.05, 0) is 43.9 Å². The highest BCUT2D eigenvalue weighted by Crippen LogP contribution is 2.40. The summed E-state index contributed by atoms with van der Waals surface area (Å²) < 4.78 is 43.7. The quantitative estimate of drug-likeness (QED) is 0.715. The van der Waals surface area contributed by atoms with Crippen LogP contribution in [-0.4, -0.2) is 53.5 Å². The predicted molar refractivity (Wildman–Crippen MR) is 105 cm³/mol. The molecule has 2 amide bonds. The van der Waals surface area contributed by atoms with E-state index >= 15 is 0 Å². The van der Waals surface area contributed by atoms with Crippen LogP contribution in [0.15, 0.2) is 24.3 Å². The maximum atomic E-state index is 13.0. The van der Waals surface area contributed by atoms with E-state index in [2.05, 4.69) is 0 Å². The van der Waals surface area contributed by atoms with Crippen molar-refractivity contribution in [2.45, 2.75) is 69.8 Å². The minimum absolute atomic E-state index is 0.00621. The lowest BCUT2D eigenvalue weighted by atomic mass is 9.84. The largest absolute Gasteiger partial charge is 0.416 e. The van der Waals surface area contributed by atoms with Gasteiger partial charge in [-0.25, -0.2) is 0 Å². The monoisotopic (exact) mass is 426 g/mol. The molecule has 3 rings (SSSR count). The number of halogens is 3. The summed E-state index contributed by atoms with van der Waals surface area (Å²) in [5.74, 6) is 0.0152. The van der Waals surface area contributed by atoms with Crippen LogP contribution < -0.4 is 0 Å². The maximum Gasteiger partial charge on any atom is 0.416 e. The average Bonchev–Trinajstić information content (AvgIpc) is 3.03. The fourth-order valence-corrected chi connectivity index (χ4v) is 4.70. The topological polar surface area (TPSA) is 49.9 Å². The van der Waals surface area contributed by atoms with Gasteiger partial charge in [-0.2, -0.15) is 13.2 Å². The second-order valence-electron chi connectivity index (χ2n) is 8.37. The highest BCUT2D eigenvalue weighted by atomic mass is 19.4. The van der Waals surface area contributed by atoms with Crippen molar-refractivity contribution in [3.8, 4) is 0 Å². The summed E-state index contributed by atoms with van der Waals surface area (Å²) in [7, 11) is 1.56. The lowest BCUT2D eigenvalue weighted by molar-refractivity contribution is -0.144. The molecule has 0 aromatic heterocycles. The minimum atomic E-state index is -4.39. The van der Waals surface area contributed by atoms with E-state index in [0.717, 1.165) is 31.4 Å². The second-order valence-corrected chi connectivity index (χ2v) is 8.37. The number of nitrogens with zero attached hydrogens (tertiary/aromatic N) is 2. The third kappa shape index (κ3) is 4.63. The van der Waals surface area contributed by atoms with Crippen molar-refractivity contribution in [1.29, 1.82) is 0 Å². The first-order valence-electron chi connectivity index (χ1n) is 10.4. The Balaban J connectivity index is 1.84. The Morgan fingerprint density at radius 2 is 1.93 bits per heavy atom. The van der Waals surface area contributed by atoms with E-state index in [4.69, 9.17) is 4.74 Å². The SMILES string of the molecule is COCCC(=O)N1CC[C@]2(C)[C@H]1CCCCC(=O)N2Cc1ccc(C(F)(F)F)cc1. The number of fused-ring (bicyclic) bond motifs is 1. The van der Waals surface area contributed by atoms with Gasteiger partial charge < -0.3 is 14.5 Å². The van der Waals surface area contributed by atoms with Crippen molar-refractivity contribution < 1.29 is 27.5 Å². The molecule has 30 heavy (non-hydrogen) atoms.